The molecule has 0 saturated carbocycles. The van der Waals surface area contributed by atoms with Crippen molar-refractivity contribution in [1.29, 1.82) is 0 Å². The topological polar surface area (TPSA) is 33.2 Å². The molecule has 1 saturated heterocycles. The van der Waals surface area contributed by atoms with E-state index in [1.54, 1.807) is 12.1 Å². The van der Waals surface area contributed by atoms with E-state index in [9.17, 15) is 9.18 Å². The second-order valence-corrected chi connectivity index (χ2v) is 7.38. The lowest BCUT2D eigenvalue weighted by atomic mass is 10.00. The standard InChI is InChI=1S/C18H21FN2OS/c1-12-4-3-9-21(11-12)17(22)10-16-13(2)20-18(23-16)14-5-7-15(19)8-6-14/h5-8,12H,3-4,9-11H2,1-2H3. The lowest BCUT2D eigenvalue weighted by Crippen LogP contribution is -2.39. The van der Waals surface area contributed by atoms with Crippen molar-refractivity contribution in [2.75, 3.05) is 13.1 Å². The number of amides is 1. The maximum atomic E-state index is 13.0. The van der Waals surface area contributed by atoms with E-state index in [4.69, 9.17) is 0 Å². The number of benzene rings is 1. The molecule has 1 aromatic heterocycles. The monoisotopic (exact) mass is 332 g/mol. The van der Waals surface area contributed by atoms with E-state index < -0.39 is 0 Å². The van der Waals surface area contributed by atoms with E-state index >= 15 is 0 Å². The fraction of sp³-hybridized carbons (Fsp3) is 0.444. The van der Waals surface area contributed by atoms with Gasteiger partial charge in [-0.15, -0.1) is 11.3 Å². The molecule has 1 fully saturated rings. The van der Waals surface area contributed by atoms with Crippen molar-refractivity contribution in [3.63, 3.8) is 0 Å². The van der Waals surface area contributed by atoms with Gasteiger partial charge < -0.3 is 4.90 Å². The van der Waals surface area contributed by atoms with Crippen LogP contribution in [0.25, 0.3) is 10.6 Å². The molecule has 1 amide bonds. The Morgan fingerprint density at radius 2 is 2.13 bits per heavy atom. The van der Waals surface area contributed by atoms with Crippen LogP contribution in [0.15, 0.2) is 24.3 Å². The van der Waals surface area contributed by atoms with Crippen LogP contribution >= 0.6 is 11.3 Å². The molecule has 0 bridgehead atoms. The summed E-state index contributed by atoms with van der Waals surface area (Å²) in [6, 6.07) is 6.33. The number of aryl methyl sites for hydroxylation is 1. The average Bonchev–Trinajstić information content (AvgIpc) is 2.89. The van der Waals surface area contributed by atoms with Crippen LogP contribution in [0.1, 0.15) is 30.3 Å². The van der Waals surface area contributed by atoms with E-state index in [2.05, 4.69) is 11.9 Å². The Kier molecular flexibility index (Phi) is 4.76. The molecule has 5 heteroatoms. The minimum absolute atomic E-state index is 0.189. The highest BCUT2D eigenvalue weighted by Crippen LogP contribution is 2.29. The summed E-state index contributed by atoms with van der Waals surface area (Å²) in [5, 5.41) is 0.845. The molecule has 1 aromatic carbocycles. The van der Waals surface area contributed by atoms with E-state index in [1.165, 1.54) is 29.9 Å². The molecule has 2 aromatic rings. The average molecular weight is 332 g/mol. The Morgan fingerprint density at radius 1 is 1.39 bits per heavy atom. The predicted molar refractivity (Wildman–Crippen MR) is 90.9 cm³/mol. The molecule has 2 heterocycles. The van der Waals surface area contributed by atoms with E-state index in [0.717, 1.165) is 40.7 Å². The van der Waals surface area contributed by atoms with Crippen LogP contribution in [0.5, 0.6) is 0 Å². The SMILES string of the molecule is Cc1nc(-c2ccc(F)cc2)sc1CC(=O)N1CCCC(C)C1. The first-order chi connectivity index (χ1) is 11.0. The second kappa shape index (κ2) is 6.79. The molecule has 3 rings (SSSR count). The first-order valence-corrected chi connectivity index (χ1v) is 8.84. The number of halogens is 1. The Hall–Kier alpha value is -1.75. The van der Waals surface area contributed by atoms with Gasteiger partial charge in [-0.1, -0.05) is 6.92 Å². The third-order valence-corrected chi connectivity index (χ3v) is 5.51. The molecule has 0 aliphatic carbocycles. The van der Waals surface area contributed by atoms with Crippen molar-refractivity contribution in [3.05, 3.63) is 40.7 Å². The Bertz CT molecular complexity index is 696. The highest BCUT2D eigenvalue weighted by molar-refractivity contribution is 7.15. The minimum Gasteiger partial charge on any atom is -0.342 e. The molecule has 122 valence electrons. The fourth-order valence-electron chi connectivity index (χ4n) is 2.97. The number of nitrogens with zero attached hydrogens (tertiary/aromatic N) is 2. The summed E-state index contributed by atoms with van der Waals surface area (Å²) in [5.41, 5.74) is 1.79. The smallest absolute Gasteiger partial charge is 0.227 e. The second-order valence-electron chi connectivity index (χ2n) is 6.30. The molecule has 1 atom stereocenters. The third kappa shape index (κ3) is 3.78. The van der Waals surface area contributed by atoms with E-state index in [1.807, 2.05) is 11.8 Å². The van der Waals surface area contributed by atoms with Gasteiger partial charge in [-0.3, -0.25) is 4.79 Å². The number of likely N-dealkylation sites (tertiary alicyclic amines) is 1. The maximum Gasteiger partial charge on any atom is 0.227 e. The zero-order valence-corrected chi connectivity index (χ0v) is 14.3. The molecule has 23 heavy (non-hydrogen) atoms. The molecule has 3 nitrogen and oxygen atoms in total. The van der Waals surface area contributed by atoms with Crippen LogP contribution in [0, 0.1) is 18.7 Å². The molecular weight excluding hydrogens is 311 g/mol. The zero-order valence-electron chi connectivity index (χ0n) is 13.5. The molecule has 0 radical (unpaired) electrons. The number of carbonyl (C=O) groups excluding carboxylic acids is 1. The number of hydrogen-bond acceptors (Lipinski definition) is 3. The highest BCUT2D eigenvalue weighted by Gasteiger charge is 2.22. The van der Waals surface area contributed by atoms with Crippen molar-refractivity contribution in [1.82, 2.24) is 9.88 Å². The number of piperidine rings is 1. The summed E-state index contributed by atoms with van der Waals surface area (Å²) in [4.78, 5) is 20.0. The summed E-state index contributed by atoms with van der Waals surface area (Å²) in [5.74, 6) is 0.524. The summed E-state index contributed by atoms with van der Waals surface area (Å²) >= 11 is 1.53. The van der Waals surface area contributed by atoms with Gasteiger partial charge in [0.25, 0.3) is 0 Å². The van der Waals surface area contributed by atoms with Gasteiger partial charge in [-0.25, -0.2) is 9.37 Å². The van der Waals surface area contributed by atoms with Gasteiger partial charge >= 0.3 is 0 Å². The lowest BCUT2D eigenvalue weighted by molar-refractivity contribution is -0.132. The normalized spacial score (nSPS) is 18.2. The number of hydrogen-bond donors (Lipinski definition) is 0. The molecule has 1 aliphatic heterocycles. The van der Waals surface area contributed by atoms with Crippen molar-refractivity contribution in [2.24, 2.45) is 5.92 Å². The van der Waals surface area contributed by atoms with Crippen molar-refractivity contribution in [3.8, 4) is 10.6 Å². The molecule has 1 aliphatic rings. The number of carbonyl (C=O) groups is 1. The fourth-order valence-corrected chi connectivity index (χ4v) is 4.03. The van der Waals surface area contributed by atoms with E-state index in [0.29, 0.717) is 12.3 Å². The lowest BCUT2D eigenvalue weighted by Gasteiger charge is -2.30. The Labute approximate surface area is 140 Å². The summed E-state index contributed by atoms with van der Waals surface area (Å²) in [6.45, 7) is 5.86. The van der Waals surface area contributed by atoms with Crippen LogP contribution < -0.4 is 0 Å². The van der Waals surface area contributed by atoms with E-state index in [-0.39, 0.29) is 11.7 Å². The van der Waals surface area contributed by atoms with Crippen LogP contribution in [0.4, 0.5) is 4.39 Å². The summed E-state index contributed by atoms with van der Waals surface area (Å²) in [6.07, 6.45) is 2.71. The van der Waals surface area contributed by atoms with Gasteiger partial charge in [0.15, 0.2) is 0 Å². The Morgan fingerprint density at radius 3 is 2.83 bits per heavy atom. The molecular formula is C18H21FN2OS. The van der Waals surface area contributed by atoms with Gasteiger partial charge in [-0.2, -0.15) is 0 Å². The molecule has 0 N–H and O–H groups in total. The van der Waals surface area contributed by atoms with Gasteiger partial charge in [0, 0.05) is 23.5 Å². The van der Waals surface area contributed by atoms with Gasteiger partial charge in [-0.05, 0) is 49.9 Å². The van der Waals surface area contributed by atoms with Gasteiger partial charge in [0.05, 0.1) is 12.1 Å². The molecule has 1 unspecified atom stereocenters. The van der Waals surface area contributed by atoms with Crippen LogP contribution in [0.3, 0.4) is 0 Å². The van der Waals surface area contributed by atoms with Crippen molar-refractivity contribution < 1.29 is 9.18 Å². The molecule has 0 spiro atoms. The van der Waals surface area contributed by atoms with Crippen LogP contribution in [-0.2, 0) is 11.2 Å². The maximum absolute atomic E-state index is 13.0. The van der Waals surface area contributed by atoms with Gasteiger partial charge in [0.2, 0.25) is 5.91 Å². The predicted octanol–water partition coefficient (Wildman–Crippen LogP) is 4.06. The van der Waals surface area contributed by atoms with Crippen LogP contribution in [0.2, 0.25) is 0 Å². The quantitative estimate of drug-likeness (QED) is 0.849. The van der Waals surface area contributed by atoms with Crippen molar-refractivity contribution in [2.45, 2.75) is 33.1 Å². The Balaban J connectivity index is 1.73. The number of aromatic nitrogens is 1. The first kappa shape index (κ1) is 16.1. The minimum atomic E-state index is -0.253. The van der Waals surface area contributed by atoms with Crippen molar-refractivity contribution >= 4 is 17.2 Å². The largest absolute Gasteiger partial charge is 0.342 e. The van der Waals surface area contributed by atoms with Crippen LogP contribution in [-0.4, -0.2) is 28.9 Å². The highest BCUT2D eigenvalue weighted by atomic mass is 32.1. The summed E-state index contributed by atoms with van der Waals surface area (Å²) in [7, 11) is 0. The number of rotatable bonds is 3. The zero-order chi connectivity index (χ0) is 16.4. The van der Waals surface area contributed by atoms with Gasteiger partial charge in [0.1, 0.15) is 10.8 Å². The number of thiazole rings is 1. The summed E-state index contributed by atoms with van der Waals surface area (Å²) < 4.78 is 13.0. The third-order valence-electron chi connectivity index (χ3n) is 4.31. The first-order valence-electron chi connectivity index (χ1n) is 8.03.